The molecule has 0 saturated heterocycles. The molecule has 57 heavy (non-hydrogen) atoms. The van der Waals surface area contributed by atoms with E-state index in [1.165, 1.54) is 12.8 Å². The van der Waals surface area contributed by atoms with Gasteiger partial charge in [-0.05, 0) is 77.0 Å². The number of nitrogens with two attached hydrogens (primary N) is 1. The monoisotopic (exact) mass is 822 g/mol. The third-order valence-electron chi connectivity index (χ3n) is 8.48. The lowest BCUT2D eigenvalue weighted by molar-refractivity contribution is -0.161. The first-order valence-electron chi connectivity index (χ1n) is 21.2. The highest BCUT2D eigenvalue weighted by atomic mass is 31.2. The van der Waals surface area contributed by atoms with Crippen LogP contribution in [-0.4, -0.2) is 71.7 Å². The minimum Gasteiger partial charge on any atom is -0.462 e. The normalized spacial score (nSPS) is 15.3. The van der Waals surface area contributed by atoms with Crippen LogP contribution in [-0.2, 0) is 32.7 Å². The summed E-state index contributed by atoms with van der Waals surface area (Å²) in [5.41, 5.74) is 5.33. The average molecular weight is 822 g/mol. The van der Waals surface area contributed by atoms with Gasteiger partial charge in [-0.2, -0.15) is 0 Å². The van der Waals surface area contributed by atoms with Crippen LogP contribution in [0.3, 0.4) is 0 Å². The Labute approximate surface area is 344 Å². The Morgan fingerprint density at radius 3 is 1.77 bits per heavy atom. The molecule has 0 aromatic heterocycles. The van der Waals surface area contributed by atoms with Gasteiger partial charge >= 0.3 is 19.8 Å². The third kappa shape index (κ3) is 38.4. The maximum atomic E-state index is 12.6. The molecule has 0 rings (SSSR count). The van der Waals surface area contributed by atoms with Crippen LogP contribution >= 0.6 is 7.82 Å². The van der Waals surface area contributed by atoms with E-state index < -0.39 is 44.7 Å². The molecule has 0 amide bonds. The van der Waals surface area contributed by atoms with Gasteiger partial charge in [0.15, 0.2) is 6.10 Å². The van der Waals surface area contributed by atoms with Gasteiger partial charge in [-0.15, -0.1) is 0 Å². The van der Waals surface area contributed by atoms with Crippen LogP contribution in [0.5, 0.6) is 0 Å². The van der Waals surface area contributed by atoms with Crippen molar-refractivity contribution in [1.82, 2.24) is 0 Å². The summed E-state index contributed by atoms with van der Waals surface area (Å²) in [4.78, 5) is 34.8. The van der Waals surface area contributed by atoms with E-state index in [4.69, 9.17) is 24.3 Å². The first-order chi connectivity index (χ1) is 27.6. The van der Waals surface area contributed by atoms with Crippen molar-refractivity contribution in [3.8, 4) is 0 Å². The van der Waals surface area contributed by atoms with Gasteiger partial charge < -0.3 is 30.3 Å². The van der Waals surface area contributed by atoms with Gasteiger partial charge in [0.2, 0.25) is 0 Å². The maximum absolute atomic E-state index is 12.6. The summed E-state index contributed by atoms with van der Waals surface area (Å²) in [6.07, 6.45) is 42.2. The number of phosphoric ester groups is 1. The quantitative estimate of drug-likeness (QED) is 0.0202. The molecule has 11 nitrogen and oxygen atoms in total. The molecule has 5 N–H and O–H groups in total. The molecule has 0 saturated carbocycles. The highest BCUT2D eigenvalue weighted by Gasteiger charge is 2.26. The fourth-order valence-corrected chi connectivity index (χ4v) is 5.98. The summed E-state index contributed by atoms with van der Waals surface area (Å²) in [5, 5.41) is 20.4. The molecule has 0 fully saturated rings. The average Bonchev–Trinajstić information content (AvgIpc) is 3.19. The largest absolute Gasteiger partial charge is 0.472 e. The molecule has 0 aromatic carbocycles. The summed E-state index contributed by atoms with van der Waals surface area (Å²) < 4.78 is 32.6. The number of aliphatic hydroxyl groups excluding tert-OH is 2. The Kier molecular flexibility index (Phi) is 37.9. The molecule has 0 bridgehead atoms. The molecule has 1 unspecified atom stereocenters. The lowest BCUT2D eigenvalue weighted by Gasteiger charge is -2.19. The number of hydrogen-bond donors (Lipinski definition) is 4. The number of hydrogen-bond acceptors (Lipinski definition) is 10. The Morgan fingerprint density at radius 2 is 1.18 bits per heavy atom. The molecule has 0 radical (unpaired) electrons. The predicted molar refractivity (Wildman–Crippen MR) is 231 cm³/mol. The van der Waals surface area contributed by atoms with Crippen LogP contribution in [0.4, 0.5) is 0 Å². The van der Waals surface area contributed by atoms with Crippen LogP contribution in [0.25, 0.3) is 0 Å². The van der Waals surface area contributed by atoms with Gasteiger partial charge in [-0.3, -0.25) is 18.6 Å². The van der Waals surface area contributed by atoms with Gasteiger partial charge in [0.1, 0.15) is 6.61 Å². The van der Waals surface area contributed by atoms with E-state index in [0.717, 1.165) is 77.0 Å². The fourth-order valence-electron chi connectivity index (χ4n) is 5.21. The second-order valence-corrected chi connectivity index (χ2v) is 15.2. The molecular formula is C45H76NO10P. The molecule has 326 valence electrons. The van der Waals surface area contributed by atoms with Gasteiger partial charge in [-0.1, -0.05) is 137 Å². The highest BCUT2D eigenvalue weighted by molar-refractivity contribution is 7.47. The molecule has 0 heterocycles. The Balaban J connectivity index is 4.43. The Morgan fingerprint density at radius 1 is 0.614 bits per heavy atom. The summed E-state index contributed by atoms with van der Waals surface area (Å²) in [7, 11) is -4.44. The van der Waals surface area contributed by atoms with Crippen LogP contribution in [0.2, 0.25) is 0 Å². The van der Waals surface area contributed by atoms with E-state index in [9.17, 15) is 29.3 Å². The summed E-state index contributed by atoms with van der Waals surface area (Å²) in [6, 6.07) is 0. The van der Waals surface area contributed by atoms with Crippen molar-refractivity contribution in [2.75, 3.05) is 26.4 Å². The number of esters is 2. The third-order valence-corrected chi connectivity index (χ3v) is 9.46. The second-order valence-electron chi connectivity index (χ2n) is 13.8. The SMILES string of the molecule is CC/C=C\C/C=C\C/C=C\C/C=C\C/C=C\C/C=C\CCC(=O)OC[C@H](COP(=O)(O)OCCN)OC(=O)CCCCCCC[C@H](O)[C@@H](O)C/C=C\CCCCC. The molecule has 0 aliphatic heterocycles. The van der Waals surface area contributed by atoms with Crippen LogP contribution in [0.1, 0.15) is 142 Å². The summed E-state index contributed by atoms with van der Waals surface area (Å²) >= 11 is 0. The molecule has 0 aliphatic carbocycles. The van der Waals surface area contributed by atoms with Crippen molar-refractivity contribution >= 4 is 19.8 Å². The van der Waals surface area contributed by atoms with Crippen molar-refractivity contribution < 1.29 is 47.8 Å². The number of ether oxygens (including phenoxy) is 2. The fraction of sp³-hybridized carbons (Fsp3) is 0.644. The van der Waals surface area contributed by atoms with E-state index in [-0.39, 0.29) is 32.6 Å². The van der Waals surface area contributed by atoms with E-state index in [1.54, 1.807) is 0 Å². The number of aliphatic hydroxyl groups is 2. The van der Waals surface area contributed by atoms with E-state index >= 15 is 0 Å². The number of unbranched alkanes of at least 4 members (excludes halogenated alkanes) is 7. The number of phosphoric acid groups is 1. The molecule has 4 atom stereocenters. The number of rotatable bonds is 38. The molecule has 12 heteroatoms. The smallest absolute Gasteiger partial charge is 0.462 e. The summed E-state index contributed by atoms with van der Waals surface area (Å²) in [5.74, 6) is -1.05. The number of carbonyl (C=O) groups is 2. The zero-order valence-electron chi connectivity index (χ0n) is 35.0. The zero-order valence-corrected chi connectivity index (χ0v) is 35.9. The second kappa shape index (κ2) is 39.9. The first kappa shape index (κ1) is 54.1. The molecule has 0 aromatic rings. The Bertz CT molecular complexity index is 1240. The predicted octanol–water partition coefficient (Wildman–Crippen LogP) is 9.99. The van der Waals surface area contributed by atoms with Crippen molar-refractivity contribution in [3.63, 3.8) is 0 Å². The highest BCUT2D eigenvalue weighted by Crippen LogP contribution is 2.43. The van der Waals surface area contributed by atoms with Gasteiger partial charge in [-0.25, -0.2) is 4.57 Å². The van der Waals surface area contributed by atoms with Crippen LogP contribution in [0, 0.1) is 0 Å². The summed E-state index contributed by atoms with van der Waals surface area (Å²) in [6.45, 7) is 3.26. The van der Waals surface area contributed by atoms with Crippen LogP contribution in [0.15, 0.2) is 85.1 Å². The van der Waals surface area contributed by atoms with E-state index in [2.05, 4.69) is 80.7 Å². The van der Waals surface area contributed by atoms with Crippen molar-refractivity contribution in [2.45, 2.75) is 161 Å². The Hall–Kier alpha value is -2.89. The first-order valence-corrected chi connectivity index (χ1v) is 22.7. The van der Waals surface area contributed by atoms with Gasteiger partial charge in [0, 0.05) is 19.4 Å². The minimum atomic E-state index is -4.44. The van der Waals surface area contributed by atoms with E-state index in [1.807, 2.05) is 18.2 Å². The molecule has 0 spiro atoms. The standard InChI is InChI=1S/C45H76NO10P/c1-3-5-7-9-11-12-13-14-15-16-17-18-19-20-21-22-23-27-31-35-44(49)53-39-41(40-55-57(51,52)54-38-37-46)56-45(50)36-32-28-24-26-30-34-43(48)42(47)33-29-25-10-8-6-4-2/h5,7,11-12,14-15,17-18,20-21,23,25,27,29,41-43,47-48H,3-4,6,8-10,13,16,19,22,24,26,28,30-40,46H2,1-2H3,(H,51,52)/b7-5-,12-11-,15-14-,18-17-,21-20-,27-23-,29-25-/t41-,42+,43+/m1/s1. The molecule has 0 aliphatic rings. The minimum absolute atomic E-state index is 0.0140. The number of allylic oxidation sites excluding steroid dienone is 13. The lowest BCUT2D eigenvalue weighted by atomic mass is 10.0. The topological polar surface area (TPSA) is 175 Å². The molecular weight excluding hydrogens is 745 g/mol. The van der Waals surface area contributed by atoms with E-state index in [0.29, 0.717) is 25.7 Å². The van der Waals surface area contributed by atoms with Crippen molar-refractivity contribution in [2.24, 2.45) is 5.73 Å². The van der Waals surface area contributed by atoms with Gasteiger partial charge in [0.25, 0.3) is 0 Å². The maximum Gasteiger partial charge on any atom is 0.472 e. The van der Waals surface area contributed by atoms with Crippen molar-refractivity contribution in [3.05, 3.63) is 85.1 Å². The zero-order chi connectivity index (χ0) is 42.1. The van der Waals surface area contributed by atoms with Crippen molar-refractivity contribution in [1.29, 1.82) is 0 Å². The number of carbonyl (C=O) groups excluding carboxylic acids is 2. The van der Waals surface area contributed by atoms with Crippen LogP contribution < -0.4 is 5.73 Å². The lowest BCUT2D eigenvalue weighted by Crippen LogP contribution is -2.29. The van der Waals surface area contributed by atoms with Gasteiger partial charge in [0.05, 0.1) is 25.4 Å².